The number of anilines is 1. The third-order valence-corrected chi connectivity index (χ3v) is 1.69. The van der Waals surface area contributed by atoms with E-state index in [9.17, 15) is 0 Å². The fourth-order valence-corrected chi connectivity index (χ4v) is 0.953. The van der Waals surface area contributed by atoms with E-state index in [-0.39, 0.29) is 11.3 Å². The fourth-order valence-electron chi connectivity index (χ4n) is 0.805. The van der Waals surface area contributed by atoms with E-state index in [1.807, 2.05) is 33.2 Å². The van der Waals surface area contributed by atoms with Crippen molar-refractivity contribution in [2.75, 3.05) is 25.6 Å². The van der Waals surface area contributed by atoms with Crippen molar-refractivity contribution in [2.24, 2.45) is 0 Å². The normalized spacial score (nSPS) is 10.7. The Balaban J connectivity index is 2.79. The summed E-state index contributed by atoms with van der Waals surface area (Å²) in [6.07, 6.45) is 3.74. The van der Waals surface area contributed by atoms with Crippen LogP contribution in [0.2, 0.25) is 5.28 Å². The zero-order chi connectivity index (χ0) is 11.3. The Morgan fingerprint density at radius 3 is 2.67 bits per heavy atom. The third kappa shape index (κ3) is 3.71. The lowest BCUT2D eigenvalue weighted by Crippen LogP contribution is -2.14. The molecular weight excluding hydrogens is 216 g/mol. The SMILES string of the molecule is CC=CCOc1nc(Cl)nc(N(C)C)n1. The summed E-state index contributed by atoms with van der Waals surface area (Å²) in [5.74, 6) is 0.477. The minimum Gasteiger partial charge on any atom is -0.459 e. The van der Waals surface area contributed by atoms with Crippen molar-refractivity contribution >= 4 is 17.5 Å². The molecule has 82 valence electrons. The maximum Gasteiger partial charge on any atom is 0.322 e. The molecule has 0 radical (unpaired) electrons. The Morgan fingerprint density at radius 2 is 2.07 bits per heavy atom. The summed E-state index contributed by atoms with van der Waals surface area (Å²) in [4.78, 5) is 13.6. The maximum absolute atomic E-state index is 5.72. The number of rotatable bonds is 4. The molecule has 0 N–H and O–H groups in total. The Hall–Kier alpha value is -1.36. The fraction of sp³-hybridized carbons (Fsp3) is 0.444. The van der Waals surface area contributed by atoms with Gasteiger partial charge in [-0.05, 0) is 18.5 Å². The van der Waals surface area contributed by atoms with Crippen LogP contribution in [-0.2, 0) is 0 Å². The second-order valence-corrected chi connectivity index (χ2v) is 3.30. The van der Waals surface area contributed by atoms with Crippen LogP contribution in [0.15, 0.2) is 12.2 Å². The van der Waals surface area contributed by atoms with Gasteiger partial charge >= 0.3 is 6.01 Å². The van der Waals surface area contributed by atoms with Crippen molar-refractivity contribution in [2.45, 2.75) is 6.92 Å². The van der Waals surface area contributed by atoms with Crippen molar-refractivity contribution in [3.8, 4) is 6.01 Å². The second-order valence-electron chi connectivity index (χ2n) is 2.96. The quantitative estimate of drug-likeness (QED) is 0.732. The molecule has 0 aliphatic heterocycles. The molecule has 15 heavy (non-hydrogen) atoms. The molecule has 1 rings (SSSR count). The monoisotopic (exact) mass is 228 g/mol. The summed E-state index contributed by atoms with van der Waals surface area (Å²) >= 11 is 5.72. The van der Waals surface area contributed by atoms with E-state index in [4.69, 9.17) is 16.3 Å². The van der Waals surface area contributed by atoms with Gasteiger partial charge in [-0.25, -0.2) is 0 Å². The summed E-state index contributed by atoms with van der Waals surface area (Å²) in [6.45, 7) is 2.33. The standard InChI is InChI=1S/C9H13ClN4O/c1-4-5-6-15-9-12-7(10)11-8(13-9)14(2)3/h4-5H,6H2,1-3H3. The van der Waals surface area contributed by atoms with Crippen LogP contribution >= 0.6 is 11.6 Å². The van der Waals surface area contributed by atoms with Crippen LogP contribution in [0.3, 0.4) is 0 Å². The zero-order valence-electron chi connectivity index (χ0n) is 8.94. The summed E-state index contributed by atoms with van der Waals surface area (Å²) in [5.41, 5.74) is 0. The second kappa shape index (κ2) is 5.50. The van der Waals surface area contributed by atoms with Gasteiger partial charge in [-0.3, -0.25) is 0 Å². The molecule has 0 aromatic carbocycles. The highest BCUT2D eigenvalue weighted by Crippen LogP contribution is 2.12. The lowest BCUT2D eigenvalue weighted by molar-refractivity contribution is 0.331. The van der Waals surface area contributed by atoms with Crippen LogP contribution in [0.5, 0.6) is 6.01 Å². The van der Waals surface area contributed by atoms with Crippen LogP contribution < -0.4 is 9.64 Å². The summed E-state index contributed by atoms with van der Waals surface area (Å²) in [5, 5.41) is 0.129. The number of nitrogens with zero attached hydrogens (tertiary/aromatic N) is 4. The van der Waals surface area contributed by atoms with Crippen molar-refractivity contribution in [3.63, 3.8) is 0 Å². The van der Waals surface area contributed by atoms with Crippen LogP contribution in [-0.4, -0.2) is 35.7 Å². The highest BCUT2D eigenvalue weighted by Gasteiger charge is 2.06. The predicted octanol–water partition coefficient (Wildman–Crippen LogP) is 1.55. The van der Waals surface area contributed by atoms with E-state index in [1.54, 1.807) is 4.90 Å². The lowest BCUT2D eigenvalue weighted by Gasteiger charge is -2.10. The van der Waals surface area contributed by atoms with Gasteiger partial charge in [0.25, 0.3) is 0 Å². The Kier molecular flexibility index (Phi) is 4.30. The van der Waals surface area contributed by atoms with Crippen molar-refractivity contribution in [1.29, 1.82) is 0 Å². The largest absolute Gasteiger partial charge is 0.459 e. The van der Waals surface area contributed by atoms with E-state index in [0.29, 0.717) is 12.6 Å². The molecule has 0 aliphatic rings. The smallest absolute Gasteiger partial charge is 0.322 e. The van der Waals surface area contributed by atoms with Gasteiger partial charge in [0, 0.05) is 14.1 Å². The molecule has 0 unspecified atom stereocenters. The van der Waals surface area contributed by atoms with E-state index in [0.717, 1.165) is 0 Å². The molecule has 5 nitrogen and oxygen atoms in total. The van der Waals surface area contributed by atoms with Gasteiger partial charge in [0.05, 0.1) is 0 Å². The number of allylic oxidation sites excluding steroid dienone is 1. The van der Waals surface area contributed by atoms with Gasteiger partial charge in [0.1, 0.15) is 6.61 Å². The highest BCUT2D eigenvalue weighted by molar-refractivity contribution is 6.28. The van der Waals surface area contributed by atoms with Gasteiger partial charge in [0.15, 0.2) is 0 Å². The van der Waals surface area contributed by atoms with Gasteiger partial charge in [-0.2, -0.15) is 15.0 Å². The van der Waals surface area contributed by atoms with Crippen LogP contribution in [0.4, 0.5) is 5.95 Å². The summed E-state index contributed by atoms with van der Waals surface area (Å²) in [7, 11) is 3.64. The van der Waals surface area contributed by atoms with Crippen LogP contribution in [0.25, 0.3) is 0 Å². The van der Waals surface area contributed by atoms with Crippen LogP contribution in [0, 0.1) is 0 Å². The van der Waals surface area contributed by atoms with E-state index >= 15 is 0 Å². The highest BCUT2D eigenvalue weighted by atomic mass is 35.5. The Bertz CT molecular complexity index is 354. The Labute approximate surface area is 93.8 Å². The molecule has 1 aromatic rings. The number of hydrogen-bond donors (Lipinski definition) is 0. The summed E-state index contributed by atoms with van der Waals surface area (Å²) in [6, 6.07) is 0.233. The van der Waals surface area contributed by atoms with Crippen molar-refractivity contribution < 1.29 is 4.74 Å². The molecular formula is C9H13ClN4O. The van der Waals surface area contributed by atoms with E-state index in [1.165, 1.54) is 0 Å². The van der Waals surface area contributed by atoms with Crippen LogP contribution in [0.1, 0.15) is 6.92 Å². The zero-order valence-corrected chi connectivity index (χ0v) is 9.69. The summed E-state index contributed by atoms with van der Waals surface area (Å²) < 4.78 is 5.26. The minimum atomic E-state index is 0.129. The van der Waals surface area contributed by atoms with Crippen molar-refractivity contribution in [3.05, 3.63) is 17.4 Å². The van der Waals surface area contributed by atoms with Gasteiger partial charge in [-0.15, -0.1) is 0 Å². The van der Waals surface area contributed by atoms with E-state index < -0.39 is 0 Å². The third-order valence-electron chi connectivity index (χ3n) is 1.52. The van der Waals surface area contributed by atoms with Gasteiger partial charge < -0.3 is 9.64 Å². The number of ether oxygens (including phenoxy) is 1. The lowest BCUT2D eigenvalue weighted by atomic mass is 10.6. The molecule has 0 fully saturated rings. The molecule has 0 bridgehead atoms. The molecule has 0 saturated heterocycles. The number of hydrogen-bond acceptors (Lipinski definition) is 5. The molecule has 1 heterocycles. The average Bonchev–Trinajstić information content (AvgIpc) is 2.17. The molecule has 0 amide bonds. The molecule has 0 atom stereocenters. The van der Waals surface area contributed by atoms with Gasteiger partial charge in [0.2, 0.25) is 11.2 Å². The first-order valence-electron chi connectivity index (χ1n) is 4.46. The Morgan fingerprint density at radius 1 is 1.33 bits per heavy atom. The van der Waals surface area contributed by atoms with E-state index in [2.05, 4.69) is 15.0 Å². The predicted molar refractivity (Wildman–Crippen MR) is 59.5 cm³/mol. The molecule has 0 aliphatic carbocycles. The average molecular weight is 229 g/mol. The first-order chi connectivity index (χ1) is 7.13. The molecule has 0 saturated carbocycles. The first-order valence-corrected chi connectivity index (χ1v) is 4.84. The number of aromatic nitrogens is 3. The van der Waals surface area contributed by atoms with Crippen molar-refractivity contribution in [1.82, 2.24) is 15.0 Å². The number of halogens is 1. The molecule has 6 heteroatoms. The molecule has 0 spiro atoms. The molecule has 1 aromatic heterocycles. The topological polar surface area (TPSA) is 51.1 Å². The minimum absolute atomic E-state index is 0.129. The first kappa shape index (κ1) is 11.7. The van der Waals surface area contributed by atoms with Gasteiger partial charge in [-0.1, -0.05) is 12.2 Å². The maximum atomic E-state index is 5.72.